The summed E-state index contributed by atoms with van der Waals surface area (Å²) in [5, 5.41) is 12.3. The fraction of sp³-hybridized carbons (Fsp3) is 0.0690. The van der Waals surface area contributed by atoms with Crippen molar-refractivity contribution in [2.24, 2.45) is 0 Å². The summed E-state index contributed by atoms with van der Waals surface area (Å²) in [6.07, 6.45) is 2.82. The Hall–Kier alpha value is -4.33. The Kier molecular flexibility index (Phi) is 7.31. The van der Waals surface area contributed by atoms with Crippen molar-refractivity contribution in [3.8, 4) is 22.4 Å². The lowest BCUT2D eigenvalue weighted by atomic mass is 10.0. The Bertz CT molecular complexity index is 1650. The number of H-pyrrole nitrogens is 1. The quantitative estimate of drug-likeness (QED) is 0.203. The van der Waals surface area contributed by atoms with Gasteiger partial charge in [-0.1, -0.05) is 65.7 Å². The average molecular weight is 545 g/mol. The number of halogens is 2. The van der Waals surface area contributed by atoms with Gasteiger partial charge in [0.05, 0.1) is 17.9 Å². The Labute approximate surface area is 228 Å². The van der Waals surface area contributed by atoms with Gasteiger partial charge in [0.1, 0.15) is 5.82 Å². The Morgan fingerprint density at radius 2 is 1.74 bits per heavy atom. The number of nitrogens with one attached hydrogen (secondary N) is 2. The summed E-state index contributed by atoms with van der Waals surface area (Å²) in [4.78, 5) is 32.1. The number of nitrogens with zero attached hydrogens (tertiary/aromatic N) is 2. The lowest BCUT2D eigenvalue weighted by molar-refractivity contribution is 0.209. The van der Waals surface area contributed by atoms with Crippen molar-refractivity contribution in [2.45, 2.75) is 12.5 Å². The zero-order valence-corrected chi connectivity index (χ0v) is 21.4. The summed E-state index contributed by atoms with van der Waals surface area (Å²) < 4.78 is 1.69. The molecule has 3 aromatic carbocycles. The molecule has 0 spiro atoms. The minimum Gasteiger partial charge on any atom is -0.465 e. The first-order chi connectivity index (χ1) is 18.4. The standard InChI is InChI=1S/C29H22Cl2N4O3/c30-21-8-11-24(31)23(15-21)20-12-13-35(28(36)14-20)26(19-4-2-1-3-5-19)16-27-32-17-25(34-27)18-6-9-22(10-7-18)33-29(37)38/h1-15,17,26,33H,16H2,(H,32,34)(H,37,38). The largest absolute Gasteiger partial charge is 0.465 e. The molecule has 9 heteroatoms. The molecular weight excluding hydrogens is 523 g/mol. The third-order valence-electron chi connectivity index (χ3n) is 6.17. The van der Waals surface area contributed by atoms with Gasteiger partial charge in [-0.05, 0) is 53.1 Å². The van der Waals surface area contributed by atoms with E-state index in [1.165, 1.54) is 0 Å². The number of aromatic nitrogens is 3. The monoisotopic (exact) mass is 544 g/mol. The van der Waals surface area contributed by atoms with Crippen LogP contribution in [0.5, 0.6) is 0 Å². The lowest BCUT2D eigenvalue weighted by Gasteiger charge is -2.20. The topological polar surface area (TPSA) is 100 Å². The van der Waals surface area contributed by atoms with Crippen LogP contribution in [0.3, 0.4) is 0 Å². The number of hydrogen-bond donors (Lipinski definition) is 3. The van der Waals surface area contributed by atoms with Crippen molar-refractivity contribution < 1.29 is 9.90 Å². The van der Waals surface area contributed by atoms with Gasteiger partial charge in [0, 0.05) is 40.0 Å². The summed E-state index contributed by atoms with van der Waals surface area (Å²) in [7, 11) is 0. The van der Waals surface area contributed by atoms with Crippen molar-refractivity contribution in [3.05, 3.63) is 129 Å². The molecule has 5 aromatic rings. The Morgan fingerprint density at radius 1 is 0.974 bits per heavy atom. The first-order valence-corrected chi connectivity index (χ1v) is 12.5. The van der Waals surface area contributed by atoms with Gasteiger partial charge in [0.15, 0.2) is 0 Å². The van der Waals surface area contributed by atoms with Crippen LogP contribution in [-0.2, 0) is 6.42 Å². The van der Waals surface area contributed by atoms with Crippen LogP contribution in [0.25, 0.3) is 22.4 Å². The predicted molar refractivity (Wildman–Crippen MR) is 150 cm³/mol. The summed E-state index contributed by atoms with van der Waals surface area (Å²) in [6, 6.07) is 25.0. The van der Waals surface area contributed by atoms with Crippen LogP contribution in [0.1, 0.15) is 17.4 Å². The van der Waals surface area contributed by atoms with Crippen molar-refractivity contribution in [1.29, 1.82) is 0 Å². The van der Waals surface area contributed by atoms with Gasteiger partial charge in [-0.2, -0.15) is 0 Å². The summed E-state index contributed by atoms with van der Waals surface area (Å²) in [5.41, 5.74) is 4.28. The second kappa shape index (κ2) is 11.0. The summed E-state index contributed by atoms with van der Waals surface area (Å²) in [6.45, 7) is 0. The number of aromatic amines is 1. The number of imidazole rings is 1. The molecule has 0 saturated carbocycles. The SMILES string of the molecule is O=C(O)Nc1ccc(-c2cnc(CC(c3ccccc3)n3ccc(-c4cc(Cl)ccc4Cl)cc3=O)[nH]2)cc1. The van der Waals surface area contributed by atoms with Gasteiger partial charge in [-0.15, -0.1) is 0 Å². The molecule has 38 heavy (non-hydrogen) atoms. The molecule has 0 aliphatic heterocycles. The van der Waals surface area contributed by atoms with E-state index < -0.39 is 6.09 Å². The molecule has 0 fully saturated rings. The number of pyridine rings is 1. The van der Waals surface area contributed by atoms with E-state index in [0.29, 0.717) is 39.1 Å². The van der Waals surface area contributed by atoms with Crippen LogP contribution in [0.2, 0.25) is 10.0 Å². The molecule has 7 nitrogen and oxygen atoms in total. The van der Waals surface area contributed by atoms with Crippen LogP contribution in [-0.4, -0.2) is 25.7 Å². The number of amides is 1. The van der Waals surface area contributed by atoms with Gasteiger partial charge < -0.3 is 14.7 Å². The summed E-state index contributed by atoms with van der Waals surface area (Å²) in [5.74, 6) is 0.704. The lowest BCUT2D eigenvalue weighted by Crippen LogP contribution is -2.26. The van der Waals surface area contributed by atoms with Crippen LogP contribution < -0.4 is 10.9 Å². The first kappa shape index (κ1) is 25.3. The third-order valence-corrected chi connectivity index (χ3v) is 6.73. The van der Waals surface area contributed by atoms with Crippen LogP contribution in [0, 0.1) is 0 Å². The highest BCUT2D eigenvalue weighted by atomic mass is 35.5. The zero-order valence-electron chi connectivity index (χ0n) is 19.9. The number of carbonyl (C=O) groups is 1. The minimum atomic E-state index is -1.12. The number of anilines is 1. The number of hydrogen-bond acceptors (Lipinski definition) is 3. The molecule has 1 unspecified atom stereocenters. The molecular formula is C29H22Cl2N4O3. The fourth-order valence-electron chi connectivity index (χ4n) is 4.34. The van der Waals surface area contributed by atoms with Gasteiger partial charge in [-0.3, -0.25) is 10.1 Å². The van der Waals surface area contributed by atoms with Gasteiger partial charge in [0.2, 0.25) is 0 Å². The second-order valence-corrected chi connectivity index (χ2v) is 9.51. The van der Waals surface area contributed by atoms with E-state index in [1.54, 1.807) is 65.5 Å². The van der Waals surface area contributed by atoms with E-state index >= 15 is 0 Å². The number of rotatable bonds is 7. The summed E-state index contributed by atoms with van der Waals surface area (Å²) >= 11 is 12.5. The molecule has 3 N–H and O–H groups in total. The van der Waals surface area contributed by atoms with Crippen molar-refractivity contribution in [3.63, 3.8) is 0 Å². The minimum absolute atomic E-state index is 0.180. The van der Waals surface area contributed by atoms with Crippen molar-refractivity contribution >= 4 is 35.0 Å². The molecule has 0 aliphatic rings. The average Bonchev–Trinajstić information content (AvgIpc) is 3.38. The van der Waals surface area contributed by atoms with Crippen LogP contribution in [0.4, 0.5) is 10.5 Å². The fourth-order valence-corrected chi connectivity index (χ4v) is 4.74. The molecule has 2 heterocycles. The smallest absolute Gasteiger partial charge is 0.409 e. The van der Waals surface area contributed by atoms with Gasteiger partial charge in [0.25, 0.3) is 5.56 Å². The maximum absolute atomic E-state index is 13.4. The molecule has 0 bridgehead atoms. The van der Waals surface area contributed by atoms with E-state index in [2.05, 4.69) is 15.3 Å². The highest BCUT2D eigenvalue weighted by Gasteiger charge is 2.19. The normalized spacial score (nSPS) is 11.7. The van der Waals surface area contributed by atoms with Crippen LogP contribution >= 0.6 is 23.2 Å². The van der Waals surface area contributed by atoms with E-state index in [0.717, 1.165) is 16.8 Å². The highest BCUT2D eigenvalue weighted by molar-refractivity contribution is 6.35. The van der Waals surface area contributed by atoms with E-state index in [-0.39, 0.29) is 11.6 Å². The second-order valence-electron chi connectivity index (χ2n) is 8.67. The van der Waals surface area contributed by atoms with Crippen molar-refractivity contribution in [1.82, 2.24) is 14.5 Å². The zero-order chi connectivity index (χ0) is 26.6. The molecule has 0 aliphatic carbocycles. The predicted octanol–water partition coefficient (Wildman–Crippen LogP) is 7.13. The molecule has 190 valence electrons. The number of carboxylic acid groups (broad SMARTS) is 1. The first-order valence-electron chi connectivity index (χ1n) is 11.7. The third kappa shape index (κ3) is 5.64. The van der Waals surface area contributed by atoms with Gasteiger partial charge >= 0.3 is 6.09 Å². The van der Waals surface area contributed by atoms with E-state index in [4.69, 9.17) is 28.3 Å². The maximum atomic E-state index is 13.4. The van der Waals surface area contributed by atoms with E-state index in [1.807, 2.05) is 36.4 Å². The van der Waals surface area contributed by atoms with Crippen molar-refractivity contribution in [2.75, 3.05) is 5.32 Å². The Morgan fingerprint density at radius 3 is 2.45 bits per heavy atom. The molecule has 1 amide bonds. The van der Waals surface area contributed by atoms with E-state index in [9.17, 15) is 9.59 Å². The molecule has 1 atom stereocenters. The van der Waals surface area contributed by atoms with Crippen LogP contribution in [0.15, 0.2) is 102 Å². The Balaban J connectivity index is 1.45. The maximum Gasteiger partial charge on any atom is 0.409 e. The molecule has 0 saturated heterocycles. The van der Waals surface area contributed by atoms with Gasteiger partial charge in [-0.25, -0.2) is 9.78 Å². The molecule has 5 rings (SSSR count). The molecule has 2 aromatic heterocycles. The highest BCUT2D eigenvalue weighted by Crippen LogP contribution is 2.30. The molecule has 0 radical (unpaired) electrons. The number of benzene rings is 3.